The number of para-hydroxylation sites is 1. The molecule has 6 nitrogen and oxygen atoms in total. The predicted molar refractivity (Wildman–Crippen MR) is 81.8 cm³/mol. The molecule has 0 saturated carbocycles. The van der Waals surface area contributed by atoms with Crippen molar-refractivity contribution in [3.63, 3.8) is 0 Å². The lowest BCUT2D eigenvalue weighted by atomic mass is 10.1. The fourth-order valence-electron chi connectivity index (χ4n) is 2.91. The molecule has 6 heteroatoms. The van der Waals surface area contributed by atoms with Crippen molar-refractivity contribution >= 4 is 11.9 Å². The molecule has 22 heavy (non-hydrogen) atoms. The number of hydrogen-bond acceptors (Lipinski definition) is 3. The van der Waals surface area contributed by atoms with E-state index >= 15 is 0 Å². The summed E-state index contributed by atoms with van der Waals surface area (Å²) in [6, 6.07) is 7.88. The van der Waals surface area contributed by atoms with Crippen LogP contribution < -0.4 is 10.1 Å². The Morgan fingerprint density at radius 1 is 1.18 bits per heavy atom. The average molecular weight is 303 g/mol. The fourth-order valence-corrected chi connectivity index (χ4v) is 2.91. The molecule has 3 amide bonds. The average Bonchev–Trinajstić information content (AvgIpc) is 2.95. The lowest BCUT2D eigenvalue weighted by molar-refractivity contribution is -0.130. The summed E-state index contributed by atoms with van der Waals surface area (Å²) in [6.45, 7) is 4.43. The van der Waals surface area contributed by atoms with Crippen molar-refractivity contribution in [3.8, 4) is 5.75 Å². The van der Waals surface area contributed by atoms with Gasteiger partial charge in [-0.05, 0) is 11.6 Å². The number of ether oxygens (including phenoxy) is 1. The van der Waals surface area contributed by atoms with E-state index in [0.717, 1.165) is 12.2 Å². The third-order valence-corrected chi connectivity index (χ3v) is 4.21. The van der Waals surface area contributed by atoms with Gasteiger partial charge in [-0.3, -0.25) is 4.79 Å². The zero-order chi connectivity index (χ0) is 15.5. The number of piperazine rings is 1. The summed E-state index contributed by atoms with van der Waals surface area (Å²) in [4.78, 5) is 26.9. The zero-order valence-electron chi connectivity index (χ0n) is 12.7. The molecule has 1 atom stereocenters. The van der Waals surface area contributed by atoms with E-state index in [0.29, 0.717) is 32.7 Å². The molecule has 2 heterocycles. The summed E-state index contributed by atoms with van der Waals surface area (Å²) in [5.41, 5.74) is 1.19. The van der Waals surface area contributed by atoms with Gasteiger partial charge in [-0.15, -0.1) is 0 Å². The van der Waals surface area contributed by atoms with E-state index in [2.05, 4.69) is 11.4 Å². The van der Waals surface area contributed by atoms with Gasteiger partial charge in [-0.2, -0.15) is 0 Å². The molecule has 0 bridgehead atoms. The number of benzene rings is 1. The smallest absolute Gasteiger partial charge is 0.317 e. The highest BCUT2D eigenvalue weighted by molar-refractivity contribution is 5.76. The number of fused-ring (bicyclic) bond motifs is 1. The van der Waals surface area contributed by atoms with Crippen LogP contribution in [0.15, 0.2) is 24.3 Å². The summed E-state index contributed by atoms with van der Waals surface area (Å²) >= 11 is 0. The monoisotopic (exact) mass is 303 g/mol. The third kappa shape index (κ3) is 3.16. The molecule has 2 aliphatic rings. The van der Waals surface area contributed by atoms with Gasteiger partial charge in [0.25, 0.3) is 0 Å². The first-order valence-corrected chi connectivity index (χ1v) is 7.66. The van der Waals surface area contributed by atoms with E-state index in [1.165, 1.54) is 5.56 Å². The molecule has 3 rings (SSSR count). The Balaban J connectivity index is 1.43. The van der Waals surface area contributed by atoms with Crippen LogP contribution in [-0.4, -0.2) is 60.6 Å². The first-order chi connectivity index (χ1) is 10.6. The van der Waals surface area contributed by atoms with Crippen molar-refractivity contribution in [3.05, 3.63) is 29.8 Å². The van der Waals surface area contributed by atoms with Crippen molar-refractivity contribution in [1.82, 2.24) is 15.1 Å². The topological polar surface area (TPSA) is 61.9 Å². The van der Waals surface area contributed by atoms with Gasteiger partial charge in [-0.1, -0.05) is 18.2 Å². The minimum absolute atomic E-state index is 0.000131. The Labute approximate surface area is 130 Å². The molecule has 1 unspecified atom stereocenters. The lowest BCUT2D eigenvalue weighted by Crippen LogP contribution is -2.53. The van der Waals surface area contributed by atoms with Gasteiger partial charge < -0.3 is 19.9 Å². The molecular weight excluding hydrogens is 282 g/mol. The molecule has 1 fully saturated rings. The van der Waals surface area contributed by atoms with Gasteiger partial charge in [0.15, 0.2) is 0 Å². The Hall–Kier alpha value is -2.24. The van der Waals surface area contributed by atoms with E-state index in [1.54, 1.807) is 16.7 Å². The SMILES string of the molecule is CC(=O)N1CCN(C(=O)NCC2Cc3ccccc3O2)CC1. The predicted octanol–water partition coefficient (Wildman–Crippen LogP) is 0.864. The summed E-state index contributed by atoms with van der Waals surface area (Å²) in [7, 11) is 0. The molecule has 1 saturated heterocycles. The number of carbonyl (C=O) groups excluding carboxylic acids is 2. The minimum atomic E-state index is -0.0808. The van der Waals surface area contributed by atoms with Gasteiger partial charge in [0.1, 0.15) is 11.9 Å². The lowest BCUT2D eigenvalue weighted by Gasteiger charge is -2.34. The first kappa shape index (κ1) is 14.7. The van der Waals surface area contributed by atoms with Crippen LogP contribution in [0.5, 0.6) is 5.75 Å². The highest BCUT2D eigenvalue weighted by atomic mass is 16.5. The Bertz CT molecular complexity index is 543. The van der Waals surface area contributed by atoms with Crippen molar-refractivity contribution in [2.24, 2.45) is 0 Å². The standard InChI is InChI=1S/C16H21N3O3/c1-12(20)18-6-8-19(9-7-18)16(21)17-11-14-10-13-4-2-3-5-15(13)22-14/h2-5,14H,6-11H2,1H3,(H,17,21). The van der Waals surface area contributed by atoms with Crippen LogP contribution in [0.3, 0.4) is 0 Å². The molecule has 2 aliphatic heterocycles. The van der Waals surface area contributed by atoms with Gasteiger partial charge >= 0.3 is 6.03 Å². The molecule has 0 aromatic heterocycles. The number of nitrogens with zero attached hydrogens (tertiary/aromatic N) is 2. The second-order valence-corrected chi connectivity index (χ2v) is 5.73. The molecule has 0 spiro atoms. The molecule has 0 radical (unpaired) electrons. The van der Waals surface area contributed by atoms with Crippen molar-refractivity contribution in [2.45, 2.75) is 19.4 Å². The van der Waals surface area contributed by atoms with Crippen LogP contribution in [0, 0.1) is 0 Å². The van der Waals surface area contributed by atoms with Crippen molar-refractivity contribution < 1.29 is 14.3 Å². The van der Waals surface area contributed by atoms with E-state index < -0.39 is 0 Å². The third-order valence-electron chi connectivity index (χ3n) is 4.21. The molecular formula is C16H21N3O3. The number of carbonyl (C=O) groups is 2. The second kappa shape index (κ2) is 6.25. The maximum atomic E-state index is 12.2. The van der Waals surface area contributed by atoms with Gasteiger partial charge in [0.05, 0.1) is 6.54 Å². The molecule has 0 aliphatic carbocycles. The van der Waals surface area contributed by atoms with E-state index in [-0.39, 0.29) is 18.0 Å². The van der Waals surface area contributed by atoms with E-state index in [4.69, 9.17) is 4.74 Å². The Morgan fingerprint density at radius 2 is 1.86 bits per heavy atom. The van der Waals surface area contributed by atoms with E-state index in [9.17, 15) is 9.59 Å². The summed E-state index contributed by atoms with van der Waals surface area (Å²) in [5.74, 6) is 0.981. The van der Waals surface area contributed by atoms with Crippen molar-refractivity contribution in [2.75, 3.05) is 32.7 Å². The number of amides is 3. The normalized spacial score (nSPS) is 20.3. The first-order valence-electron chi connectivity index (χ1n) is 7.66. The summed E-state index contributed by atoms with van der Waals surface area (Å²) < 4.78 is 5.81. The van der Waals surface area contributed by atoms with Crippen LogP contribution >= 0.6 is 0 Å². The zero-order valence-corrected chi connectivity index (χ0v) is 12.7. The molecule has 118 valence electrons. The van der Waals surface area contributed by atoms with Gasteiger partial charge in [-0.25, -0.2) is 4.79 Å². The van der Waals surface area contributed by atoms with Crippen LogP contribution in [0.25, 0.3) is 0 Å². The highest BCUT2D eigenvalue weighted by Crippen LogP contribution is 2.27. The minimum Gasteiger partial charge on any atom is -0.488 e. The number of hydrogen-bond donors (Lipinski definition) is 1. The largest absolute Gasteiger partial charge is 0.488 e. The van der Waals surface area contributed by atoms with Crippen molar-refractivity contribution in [1.29, 1.82) is 0 Å². The van der Waals surface area contributed by atoms with Crippen LogP contribution in [-0.2, 0) is 11.2 Å². The Kier molecular flexibility index (Phi) is 4.18. The van der Waals surface area contributed by atoms with E-state index in [1.807, 2.05) is 18.2 Å². The quantitative estimate of drug-likeness (QED) is 0.881. The highest BCUT2D eigenvalue weighted by Gasteiger charge is 2.25. The summed E-state index contributed by atoms with van der Waals surface area (Å²) in [5, 5.41) is 2.93. The van der Waals surface area contributed by atoms with Gasteiger partial charge in [0, 0.05) is 39.5 Å². The van der Waals surface area contributed by atoms with Crippen LogP contribution in [0.4, 0.5) is 4.79 Å². The maximum Gasteiger partial charge on any atom is 0.317 e. The number of urea groups is 1. The Morgan fingerprint density at radius 3 is 2.55 bits per heavy atom. The summed E-state index contributed by atoms with van der Waals surface area (Å²) in [6.07, 6.45) is 0.828. The van der Waals surface area contributed by atoms with Crippen LogP contribution in [0.1, 0.15) is 12.5 Å². The van der Waals surface area contributed by atoms with Gasteiger partial charge in [0.2, 0.25) is 5.91 Å². The van der Waals surface area contributed by atoms with Crippen LogP contribution in [0.2, 0.25) is 0 Å². The second-order valence-electron chi connectivity index (χ2n) is 5.73. The maximum absolute atomic E-state index is 12.2. The number of nitrogens with one attached hydrogen (secondary N) is 1. The molecule has 1 N–H and O–H groups in total. The fraction of sp³-hybridized carbons (Fsp3) is 0.500. The molecule has 1 aromatic rings. The molecule has 1 aromatic carbocycles. The number of rotatable bonds is 2.